The molecule has 0 radical (unpaired) electrons. The molecule has 3 aliphatic rings. The summed E-state index contributed by atoms with van der Waals surface area (Å²) in [5, 5.41) is 11.1. The van der Waals surface area contributed by atoms with E-state index < -0.39 is 0 Å². The Morgan fingerprint density at radius 3 is 3.00 bits per heavy atom. The van der Waals surface area contributed by atoms with E-state index in [0.29, 0.717) is 0 Å². The predicted octanol–water partition coefficient (Wildman–Crippen LogP) is -0.816. The van der Waals surface area contributed by atoms with E-state index in [4.69, 9.17) is 0 Å². The highest BCUT2D eigenvalue weighted by atomic mass is 32.2. The second kappa shape index (κ2) is 5.40. The lowest BCUT2D eigenvalue weighted by molar-refractivity contribution is -0.128. The van der Waals surface area contributed by atoms with Gasteiger partial charge in [-0.3, -0.25) is 9.59 Å². The summed E-state index contributed by atoms with van der Waals surface area (Å²) in [5.41, 5.74) is 0. The molecule has 4 unspecified atom stereocenters. The van der Waals surface area contributed by atoms with Crippen molar-refractivity contribution in [3.05, 3.63) is 0 Å². The molecule has 3 fully saturated rings. The van der Waals surface area contributed by atoms with Crippen molar-refractivity contribution in [3.8, 4) is 0 Å². The van der Waals surface area contributed by atoms with Gasteiger partial charge < -0.3 is 21.3 Å². The fraction of sp³-hybridized carbons (Fsp3) is 0.769. The molecule has 1 saturated carbocycles. The van der Waals surface area contributed by atoms with Crippen LogP contribution in [0.4, 0.5) is 4.79 Å². The fourth-order valence-electron chi connectivity index (χ4n) is 3.75. The molecule has 0 aromatic heterocycles. The van der Waals surface area contributed by atoms with E-state index in [1.807, 2.05) is 0 Å². The zero-order chi connectivity index (χ0) is 15.0. The van der Waals surface area contributed by atoms with Crippen molar-refractivity contribution < 1.29 is 14.4 Å². The molecule has 1 aliphatic carbocycles. The van der Waals surface area contributed by atoms with Gasteiger partial charge in [0.2, 0.25) is 11.8 Å². The van der Waals surface area contributed by atoms with Gasteiger partial charge in [0, 0.05) is 17.5 Å². The van der Waals surface area contributed by atoms with Gasteiger partial charge in [0.1, 0.15) is 0 Å². The molecule has 3 rings (SSSR count). The molecular formula is C13H20N4O3S. The Hall–Kier alpha value is -1.44. The first-order valence-corrected chi connectivity index (χ1v) is 8.24. The smallest absolute Gasteiger partial charge is 0.315 e. The summed E-state index contributed by atoms with van der Waals surface area (Å²) in [6, 6.07) is -0.0239. The summed E-state index contributed by atoms with van der Waals surface area (Å²) < 4.78 is -0.226. The molecule has 21 heavy (non-hydrogen) atoms. The van der Waals surface area contributed by atoms with Crippen LogP contribution in [0.25, 0.3) is 0 Å². The average Bonchev–Trinajstić information content (AvgIpc) is 3.13. The second-order valence-electron chi connectivity index (χ2n) is 5.80. The Morgan fingerprint density at radius 1 is 1.43 bits per heavy atom. The number of nitrogens with one attached hydrogen (secondary N) is 4. The average molecular weight is 312 g/mol. The first kappa shape index (κ1) is 14.5. The third kappa shape index (κ3) is 2.35. The quantitative estimate of drug-likeness (QED) is 0.512. The van der Waals surface area contributed by atoms with E-state index >= 15 is 0 Å². The molecule has 116 valence electrons. The minimum absolute atomic E-state index is 0.00524. The highest BCUT2D eigenvalue weighted by Gasteiger charge is 2.60. The first-order chi connectivity index (χ1) is 10.1. The Labute approximate surface area is 127 Å². The zero-order valence-corrected chi connectivity index (χ0v) is 12.7. The van der Waals surface area contributed by atoms with E-state index in [1.165, 1.54) is 0 Å². The zero-order valence-electron chi connectivity index (χ0n) is 11.9. The van der Waals surface area contributed by atoms with Crippen LogP contribution in [0.15, 0.2) is 0 Å². The summed E-state index contributed by atoms with van der Waals surface area (Å²) >= 11 is 1.78. The van der Waals surface area contributed by atoms with Crippen molar-refractivity contribution in [3.63, 3.8) is 0 Å². The number of carbonyl (C=O) groups excluding carboxylic acids is 3. The van der Waals surface area contributed by atoms with Crippen LogP contribution in [-0.4, -0.2) is 54.0 Å². The summed E-state index contributed by atoms with van der Waals surface area (Å²) in [6.45, 7) is 0.00524. The summed E-state index contributed by atoms with van der Waals surface area (Å²) in [5.74, 6) is 0.402. The molecule has 1 spiro atoms. The molecule has 0 aromatic rings. The number of urea groups is 1. The molecule has 4 N–H and O–H groups in total. The van der Waals surface area contributed by atoms with Gasteiger partial charge in [0.25, 0.3) is 0 Å². The van der Waals surface area contributed by atoms with Gasteiger partial charge in [-0.25, -0.2) is 4.79 Å². The molecule has 0 bridgehead atoms. The molecule has 7 nitrogen and oxygen atoms in total. The standard InChI is InChI=1S/C13H20N4O3S/c1-14-9(18)5-15-11(19)7-3-2-4-13(7)10-8(6-21-13)16-12(20)17-10/h7-8,10H,2-6H2,1H3,(H,14,18)(H,15,19)(H2,16,17,20). The number of amides is 4. The minimum Gasteiger partial charge on any atom is -0.358 e. The third-order valence-electron chi connectivity index (χ3n) is 4.73. The van der Waals surface area contributed by atoms with Gasteiger partial charge in [-0.2, -0.15) is 0 Å². The van der Waals surface area contributed by atoms with Crippen LogP contribution in [0.5, 0.6) is 0 Å². The molecular weight excluding hydrogens is 292 g/mol. The topological polar surface area (TPSA) is 99.3 Å². The highest BCUT2D eigenvalue weighted by molar-refractivity contribution is 8.01. The van der Waals surface area contributed by atoms with Crippen LogP contribution in [0, 0.1) is 5.92 Å². The summed E-state index contributed by atoms with van der Waals surface area (Å²) in [6.07, 6.45) is 2.72. The van der Waals surface area contributed by atoms with E-state index in [-0.39, 0.29) is 47.1 Å². The number of hydrogen-bond donors (Lipinski definition) is 4. The Morgan fingerprint density at radius 2 is 2.24 bits per heavy atom. The molecule has 4 atom stereocenters. The van der Waals surface area contributed by atoms with E-state index in [9.17, 15) is 14.4 Å². The number of likely N-dealkylation sites (N-methyl/N-ethyl adjacent to an activating group) is 1. The number of carbonyl (C=O) groups is 3. The van der Waals surface area contributed by atoms with Gasteiger partial charge in [-0.05, 0) is 12.8 Å². The molecule has 2 saturated heterocycles. The van der Waals surface area contributed by atoms with Crippen molar-refractivity contribution in [2.45, 2.75) is 36.1 Å². The van der Waals surface area contributed by atoms with Crippen molar-refractivity contribution in [2.24, 2.45) is 5.92 Å². The lowest BCUT2D eigenvalue weighted by Gasteiger charge is -2.34. The van der Waals surface area contributed by atoms with Crippen LogP contribution in [0.1, 0.15) is 19.3 Å². The van der Waals surface area contributed by atoms with Gasteiger partial charge in [-0.15, -0.1) is 11.8 Å². The maximum Gasteiger partial charge on any atom is 0.315 e. The number of thioether (sulfide) groups is 1. The van der Waals surface area contributed by atoms with Crippen molar-refractivity contribution in [1.82, 2.24) is 21.3 Å². The van der Waals surface area contributed by atoms with Crippen molar-refractivity contribution in [2.75, 3.05) is 19.3 Å². The second-order valence-corrected chi connectivity index (χ2v) is 7.19. The fourth-order valence-corrected chi connectivity index (χ4v) is 5.63. The van der Waals surface area contributed by atoms with Crippen LogP contribution < -0.4 is 21.3 Å². The largest absolute Gasteiger partial charge is 0.358 e. The Bertz CT molecular complexity index is 486. The van der Waals surface area contributed by atoms with E-state index in [0.717, 1.165) is 25.0 Å². The predicted molar refractivity (Wildman–Crippen MR) is 78.8 cm³/mol. The van der Waals surface area contributed by atoms with Crippen LogP contribution in [0.3, 0.4) is 0 Å². The van der Waals surface area contributed by atoms with Crippen molar-refractivity contribution in [1.29, 1.82) is 0 Å². The lowest BCUT2D eigenvalue weighted by atomic mass is 9.85. The number of hydrogen-bond acceptors (Lipinski definition) is 4. The Kier molecular flexibility index (Phi) is 3.73. The maximum absolute atomic E-state index is 12.5. The molecule has 2 heterocycles. The normalized spacial score (nSPS) is 37.0. The molecule has 8 heteroatoms. The van der Waals surface area contributed by atoms with Crippen LogP contribution in [-0.2, 0) is 9.59 Å². The molecule has 0 aromatic carbocycles. The summed E-state index contributed by atoms with van der Waals surface area (Å²) in [4.78, 5) is 35.3. The van der Waals surface area contributed by atoms with Crippen LogP contribution >= 0.6 is 11.8 Å². The molecule has 2 aliphatic heterocycles. The van der Waals surface area contributed by atoms with Gasteiger partial charge in [0.05, 0.1) is 24.5 Å². The van der Waals surface area contributed by atoms with Gasteiger partial charge >= 0.3 is 6.03 Å². The van der Waals surface area contributed by atoms with E-state index in [2.05, 4.69) is 21.3 Å². The maximum atomic E-state index is 12.5. The van der Waals surface area contributed by atoms with Crippen LogP contribution in [0.2, 0.25) is 0 Å². The summed E-state index contributed by atoms with van der Waals surface area (Å²) in [7, 11) is 1.54. The number of rotatable bonds is 3. The third-order valence-corrected chi connectivity index (χ3v) is 6.54. The van der Waals surface area contributed by atoms with Gasteiger partial charge in [0.15, 0.2) is 0 Å². The highest BCUT2D eigenvalue weighted by Crippen LogP contribution is 2.54. The minimum atomic E-state index is -0.226. The van der Waals surface area contributed by atoms with Gasteiger partial charge in [-0.1, -0.05) is 6.42 Å². The molecule has 4 amide bonds. The van der Waals surface area contributed by atoms with Crippen molar-refractivity contribution >= 4 is 29.6 Å². The monoisotopic (exact) mass is 312 g/mol. The lowest BCUT2D eigenvalue weighted by Crippen LogP contribution is -2.53. The Balaban J connectivity index is 1.72. The first-order valence-electron chi connectivity index (χ1n) is 7.26. The SMILES string of the molecule is CNC(=O)CNC(=O)C1CCCC12SCC1NC(=O)NC12. The number of fused-ring (bicyclic) bond motifs is 2. The van der Waals surface area contributed by atoms with E-state index in [1.54, 1.807) is 18.8 Å².